The van der Waals surface area contributed by atoms with Crippen molar-refractivity contribution in [1.82, 2.24) is 9.97 Å². The number of nitrogens with zero attached hydrogens (tertiary/aromatic N) is 2. The quantitative estimate of drug-likeness (QED) is 0.0376. The molecule has 0 bridgehead atoms. The molecule has 0 saturated heterocycles. The van der Waals surface area contributed by atoms with Gasteiger partial charge in [-0.25, -0.2) is 9.97 Å². The van der Waals surface area contributed by atoms with Gasteiger partial charge in [0.1, 0.15) is 0 Å². The molecule has 0 saturated carbocycles. The largest absolute Gasteiger partial charge is 0.228 e. The van der Waals surface area contributed by atoms with Crippen LogP contribution in [0, 0.1) is 13.8 Å². The second kappa shape index (κ2) is 32.4. The van der Waals surface area contributed by atoms with Crippen LogP contribution in [0.15, 0.2) is 146 Å². The number of unbranched alkanes of at least 4 members (excludes halogenated alkanes) is 20. The van der Waals surface area contributed by atoms with Gasteiger partial charge in [0.15, 0.2) is 5.82 Å². The van der Waals surface area contributed by atoms with Crippen LogP contribution in [0.2, 0.25) is 0 Å². The molecule has 80 heavy (non-hydrogen) atoms. The highest BCUT2D eigenvalue weighted by Crippen LogP contribution is 2.42. The molecular weight excluding hydrogens is 965 g/mol. The molecular formula is C78H98N2. The predicted molar refractivity (Wildman–Crippen MR) is 350 cm³/mol. The lowest BCUT2D eigenvalue weighted by molar-refractivity contribution is 0.605. The highest BCUT2D eigenvalue weighted by atomic mass is 14.9. The maximum atomic E-state index is 5.55. The van der Waals surface area contributed by atoms with Crippen LogP contribution in [0.4, 0.5) is 0 Å². The van der Waals surface area contributed by atoms with Crippen LogP contribution in [0.3, 0.4) is 0 Å². The summed E-state index contributed by atoms with van der Waals surface area (Å²) >= 11 is 0. The standard InChI is InChI=1S/C78H98N2/c1-7-11-15-19-23-29-44-63-55-73(64(51-60(63)6)45-30-24-20-16-12-8-2)67-52-68(54-69(53-67)78-79-76(61-40-33-27-34-41-61)58-77(80-78)62-42-35-28-36-43-62)74-56-66(47-32-26-22-18-14-10-4)75(57-65(74)46-31-25-21-17-13-9-3)72-50-38-48-70-59(5)39-37-49-71(70)72/h27-28,33-43,48-58H,7-26,29-32,44-47H2,1-6H3. The first-order valence-corrected chi connectivity index (χ1v) is 32.3. The molecule has 0 aliphatic carbocycles. The predicted octanol–water partition coefficient (Wildman–Crippen LogP) is 23.9. The van der Waals surface area contributed by atoms with E-state index in [-0.39, 0.29) is 0 Å². The van der Waals surface area contributed by atoms with Crippen molar-refractivity contribution in [3.63, 3.8) is 0 Å². The Hall–Kier alpha value is -6.12. The Kier molecular flexibility index (Phi) is 24.3. The second-order valence-corrected chi connectivity index (χ2v) is 23.6. The fraction of sp³-hybridized carbons (Fsp3) is 0.436. The van der Waals surface area contributed by atoms with Gasteiger partial charge in [0, 0.05) is 16.7 Å². The van der Waals surface area contributed by atoms with Crippen LogP contribution in [0.25, 0.3) is 78.1 Å². The van der Waals surface area contributed by atoms with Gasteiger partial charge in [-0.15, -0.1) is 0 Å². The molecule has 0 amide bonds. The third-order valence-corrected chi connectivity index (χ3v) is 17.2. The molecule has 8 rings (SSSR count). The molecule has 0 fully saturated rings. The molecule has 8 aromatic rings. The lowest BCUT2D eigenvalue weighted by Gasteiger charge is -2.21. The van der Waals surface area contributed by atoms with Crippen molar-refractivity contribution in [1.29, 1.82) is 0 Å². The highest BCUT2D eigenvalue weighted by Gasteiger charge is 2.21. The zero-order chi connectivity index (χ0) is 55.7. The fourth-order valence-electron chi connectivity index (χ4n) is 12.4. The topological polar surface area (TPSA) is 25.8 Å². The van der Waals surface area contributed by atoms with Crippen molar-refractivity contribution in [2.75, 3.05) is 0 Å². The molecule has 0 aliphatic rings. The number of hydrogen-bond donors (Lipinski definition) is 0. The van der Waals surface area contributed by atoms with E-state index in [0.717, 1.165) is 59.6 Å². The van der Waals surface area contributed by atoms with E-state index in [1.165, 1.54) is 232 Å². The van der Waals surface area contributed by atoms with Gasteiger partial charge in [0.2, 0.25) is 0 Å². The van der Waals surface area contributed by atoms with Gasteiger partial charge < -0.3 is 0 Å². The third-order valence-electron chi connectivity index (χ3n) is 17.2. The minimum absolute atomic E-state index is 0.776. The van der Waals surface area contributed by atoms with Crippen molar-refractivity contribution >= 4 is 10.8 Å². The summed E-state index contributed by atoms with van der Waals surface area (Å²) < 4.78 is 0. The Morgan fingerprint density at radius 1 is 0.263 bits per heavy atom. The number of benzene rings is 7. The Morgan fingerprint density at radius 3 is 1.15 bits per heavy atom. The normalized spacial score (nSPS) is 11.5. The van der Waals surface area contributed by atoms with Crippen molar-refractivity contribution in [2.45, 2.75) is 221 Å². The van der Waals surface area contributed by atoms with Crippen molar-refractivity contribution < 1.29 is 0 Å². The first-order chi connectivity index (χ1) is 39.4. The fourth-order valence-corrected chi connectivity index (χ4v) is 12.4. The zero-order valence-corrected chi connectivity index (χ0v) is 50.5. The molecule has 0 atom stereocenters. The van der Waals surface area contributed by atoms with E-state index in [1.54, 1.807) is 0 Å². The number of fused-ring (bicyclic) bond motifs is 1. The summed E-state index contributed by atoms with van der Waals surface area (Å²) in [6, 6.07) is 55.6. The van der Waals surface area contributed by atoms with Crippen LogP contribution in [0.1, 0.15) is 215 Å². The molecule has 420 valence electrons. The summed E-state index contributed by atoms with van der Waals surface area (Å²) in [5.74, 6) is 0.776. The van der Waals surface area contributed by atoms with Crippen LogP contribution in [-0.4, -0.2) is 9.97 Å². The van der Waals surface area contributed by atoms with Gasteiger partial charge in [0.05, 0.1) is 11.4 Å². The molecule has 7 aromatic carbocycles. The first-order valence-electron chi connectivity index (χ1n) is 32.3. The summed E-state index contributed by atoms with van der Waals surface area (Å²) in [6.45, 7) is 14.0. The molecule has 0 spiro atoms. The van der Waals surface area contributed by atoms with Crippen molar-refractivity contribution in [2.24, 2.45) is 0 Å². The Labute approximate surface area is 485 Å². The number of rotatable bonds is 34. The average Bonchev–Trinajstić information content (AvgIpc) is 3.54. The van der Waals surface area contributed by atoms with Crippen molar-refractivity contribution in [3.8, 4) is 67.3 Å². The Bertz CT molecular complexity index is 3070. The minimum atomic E-state index is 0.776. The molecule has 0 N–H and O–H groups in total. The lowest BCUT2D eigenvalue weighted by atomic mass is 9.83. The SMILES string of the molecule is CCCCCCCCc1cc(-c2cc(-c3nc(-c4ccccc4)cc(-c4ccccc4)n3)cc(-c3cc(CCCCCCCC)c(-c4cccc5c(C)cccc45)cc3CCCCCCCC)c2)c(CCCCCCCC)cc1C. The average molecular weight is 1060 g/mol. The maximum absolute atomic E-state index is 5.55. The monoisotopic (exact) mass is 1060 g/mol. The molecule has 0 aliphatic heterocycles. The number of hydrogen-bond acceptors (Lipinski definition) is 2. The molecule has 0 unspecified atom stereocenters. The highest BCUT2D eigenvalue weighted by molar-refractivity contribution is 5.99. The molecule has 2 nitrogen and oxygen atoms in total. The van der Waals surface area contributed by atoms with E-state index in [9.17, 15) is 0 Å². The smallest absolute Gasteiger partial charge is 0.160 e. The van der Waals surface area contributed by atoms with E-state index in [2.05, 4.69) is 187 Å². The Morgan fingerprint density at radius 2 is 0.650 bits per heavy atom. The summed E-state index contributed by atoms with van der Waals surface area (Å²) in [4.78, 5) is 11.1. The summed E-state index contributed by atoms with van der Waals surface area (Å²) in [7, 11) is 0. The van der Waals surface area contributed by atoms with E-state index >= 15 is 0 Å². The first kappa shape index (κ1) is 60.0. The van der Waals surface area contributed by atoms with E-state index in [4.69, 9.17) is 9.97 Å². The zero-order valence-electron chi connectivity index (χ0n) is 50.5. The van der Waals surface area contributed by atoms with Gasteiger partial charge in [-0.3, -0.25) is 0 Å². The van der Waals surface area contributed by atoms with Gasteiger partial charge >= 0.3 is 0 Å². The van der Waals surface area contributed by atoms with E-state index in [1.807, 2.05) is 0 Å². The van der Waals surface area contributed by atoms with E-state index < -0.39 is 0 Å². The van der Waals surface area contributed by atoms with Gasteiger partial charge in [-0.1, -0.05) is 277 Å². The maximum Gasteiger partial charge on any atom is 0.160 e. The Balaban J connectivity index is 1.37. The second-order valence-electron chi connectivity index (χ2n) is 23.6. The number of aromatic nitrogens is 2. The third kappa shape index (κ3) is 17.0. The number of aryl methyl sites for hydroxylation is 6. The molecule has 1 aromatic heterocycles. The van der Waals surface area contributed by atoms with Crippen molar-refractivity contribution in [3.05, 3.63) is 179 Å². The van der Waals surface area contributed by atoms with Crippen LogP contribution >= 0.6 is 0 Å². The van der Waals surface area contributed by atoms with Crippen LogP contribution < -0.4 is 0 Å². The van der Waals surface area contributed by atoms with Gasteiger partial charge in [-0.2, -0.15) is 0 Å². The van der Waals surface area contributed by atoms with E-state index in [0.29, 0.717) is 0 Å². The van der Waals surface area contributed by atoms with Gasteiger partial charge in [0.25, 0.3) is 0 Å². The summed E-state index contributed by atoms with van der Waals surface area (Å²) in [5, 5.41) is 2.71. The van der Waals surface area contributed by atoms with Gasteiger partial charge in [-0.05, 0) is 167 Å². The van der Waals surface area contributed by atoms with Crippen LogP contribution in [0.5, 0.6) is 0 Å². The van der Waals surface area contributed by atoms with Crippen LogP contribution in [-0.2, 0) is 25.7 Å². The summed E-state index contributed by atoms with van der Waals surface area (Å²) in [5.41, 5.74) is 22.0. The lowest BCUT2D eigenvalue weighted by Crippen LogP contribution is -2.02. The molecule has 0 radical (unpaired) electrons. The molecule has 2 heteroatoms. The summed E-state index contributed by atoms with van der Waals surface area (Å²) in [6.07, 6.45) is 35.2. The minimum Gasteiger partial charge on any atom is -0.228 e. The molecule has 1 heterocycles.